The van der Waals surface area contributed by atoms with Gasteiger partial charge in [-0.2, -0.15) is 0 Å². The number of nitrogens with zero attached hydrogens (tertiary/aromatic N) is 2. The lowest BCUT2D eigenvalue weighted by molar-refractivity contribution is 0.171. The molecule has 1 aromatic carbocycles. The SMILES string of the molecule is Clc1nnc(-c2ccc3c(c2)OCCO3)o1. The van der Waals surface area contributed by atoms with Gasteiger partial charge in [-0.1, -0.05) is 5.10 Å². The van der Waals surface area contributed by atoms with Crippen molar-refractivity contribution in [2.75, 3.05) is 13.2 Å². The van der Waals surface area contributed by atoms with Crippen LogP contribution >= 0.6 is 11.6 Å². The average Bonchev–Trinajstić information content (AvgIpc) is 2.75. The van der Waals surface area contributed by atoms with Crippen LogP contribution in [-0.4, -0.2) is 23.4 Å². The Kier molecular flexibility index (Phi) is 2.18. The van der Waals surface area contributed by atoms with Crippen LogP contribution < -0.4 is 9.47 Å². The summed E-state index contributed by atoms with van der Waals surface area (Å²) in [6.45, 7) is 1.11. The maximum atomic E-state index is 5.56. The van der Waals surface area contributed by atoms with Gasteiger partial charge in [0.15, 0.2) is 11.5 Å². The van der Waals surface area contributed by atoms with E-state index in [-0.39, 0.29) is 5.35 Å². The van der Waals surface area contributed by atoms with Crippen molar-refractivity contribution in [1.29, 1.82) is 0 Å². The van der Waals surface area contributed by atoms with E-state index in [0.717, 1.165) is 11.3 Å². The number of fused-ring (bicyclic) bond motifs is 1. The van der Waals surface area contributed by atoms with E-state index >= 15 is 0 Å². The Bertz CT molecular complexity index is 527. The molecule has 0 fully saturated rings. The molecule has 1 aromatic heterocycles. The monoisotopic (exact) mass is 238 g/mol. The van der Waals surface area contributed by atoms with Crippen LogP contribution in [0.1, 0.15) is 0 Å². The molecule has 0 saturated carbocycles. The van der Waals surface area contributed by atoms with Crippen LogP contribution in [0, 0.1) is 0 Å². The highest BCUT2D eigenvalue weighted by Gasteiger charge is 2.14. The molecule has 0 spiro atoms. The lowest BCUT2D eigenvalue weighted by Gasteiger charge is -2.18. The highest BCUT2D eigenvalue weighted by molar-refractivity contribution is 6.27. The number of halogens is 1. The van der Waals surface area contributed by atoms with Crippen molar-refractivity contribution in [3.05, 3.63) is 23.5 Å². The number of hydrogen-bond acceptors (Lipinski definition) is 5. The Labute approximate surface area is 95.9 Å². The molecule has 2 heterocycles. The first-order valence-corrected chi connectivity index (χ1v) is 5.10. The Morgan fingerprint density at radius 1 is 1.06 bits per heavy atom. The summed E-state index contributed by atoms with van der Waals surface area (Å²) >= 11 is 5.56. The third-order valence-electron chi connectivity index (χ3n) is 2.19. The van der Waals surface area contributed by atoms with Crippen molar-refractivity contribution in [2.24, 2.45) is 0 Å². The quantitative estimate of drug-likeness (QED) is 0.762. The molecule has 82 valence electrons. The number of aromatic nitrogens is 2. The highest BCUT2D eigenvalue weighted by atomic mass is 35.5. The van der Waals surface area contributed by atoms with Crippen LogP contribution in [0.3, 0.4) is 0 Å². The molecule has 0 N–H and O–H groups in total. The molecule has 0 atom stereocenters. The Hall–Kier alpha value is -1.75. The Morgan fingerprint density at radius 3 is 2.62 bits per heavy atom. The first-order valence-electron chi connectivity index (χ1n) is 4.72. The van der Waals surface area contributed by atoms with Gasteiger partial charge in [-0.15, -0.1) is 5.10 Å². The van der Waals surface area contributed by atoms with Crippen LogP contribution in [0.5, 0.6) is 11.5 Å². The number of hydrogen-bond donors (Lipinski definition) is 0. The largest absolute Gasteiger partial charge is 0.486 e. The molecular weight excluding hydrogens is 232 g/mol. The van der Waals surface area contributed by atoms with E-state index in [4.69, 9.17) is 25.5 Å². The minimum Gasteiger partial charge on any atom is -0.486 e. The third kappa shape index (κ3) is 1.59. The van der Waals surface area contributed by atoms with Gasteiger partial charge in [-0.25, -0.2) is 0 Å². The van der Waals surface area contributed by atoms with Crippen LogP contribution in [0.15, 0.2) is 22.6 Å². The van der Waals surface area contributed by atoms with Gasteiger partial charge in [-0.3, -0.25) is 0 Å². The number of ether oxygens (including phenoxy) is 2. The minimum atomic E-state index is 0.0184. The molecule has 2 aromatic rings. The van der Waals surface area contributed by atoms with E-state index in [1.54, 1.807) is 6.07 Å². The molecule has 0 unspecified atom stereocenters. The van der Waals surface area contributed by atoms with Crippen molar-refractivity contribution in [2.45, 2.75) is 0 Å². The van der Waals surface area contributed by atoms with Crippen molar-refractivity contribution >= 4 is 11.6 Å². The molecule has 0 bridgehead atoms. The molecule has 0 aliphatic carbocycles. The summed E-state index contributed by atoms with van der Waals surface area (Å²) in [6.07, 6.45) is 0. The maximum absolute atomic E-state index is 5.56. The normalized spacial score (nSPS) is 13.8. The Morgan fingerprint density at radius 2 is 1.88 bits per heavy atom. The second-order valence-corrected chi connectivity index (χ2v) is 3.54. The lowest BCUT2D eigenvalue weighted by atomic mass is 10.2. The molecule has 1 aliphatic heterocycles. The molecule has 0 radical (unpaired) electrons. The van der Waals surface area contributed by atoms with Crippen LogP contribution in [-0.2, 0) is 0 Å². The summed E-state index contributed by atoms with van der Waals surface area (Å²) < 4.78 is 16.0. The van der Waals surface area contributed by atoms with Gasteiger partial charge < -0.3 is 13.9 Å². The van der Waals surface area contributed by atoms with Crippen LogP contribution in [0.2, 0.25) is 5.35 Å². The van der Waals surface area contributed by atoms with E-state index in [2.05, 4.69) is 10.2 Å². The Balaban J connectivity index is 2.02. The lowest BCUT2D eigenvalue weighted by Crippen LogP contribution is -2.15. The summed E-state index contributed by atoms with van der Waals surface area (Å²) in [5.41, 5.74) is 0.753. The van der Waals surface area contributed by atoms with E-state index in [9.17, 15) is 0 Å². The van der Waals surface area contributed by atoms with Crippen molar-refractivity contribution in [3.8, 4) is 23.0 Å². The average molecular weight is 239 g/mol. The maximum Gasteiger partial charge on any atom is 0.313 e. The molecule has 1 aliphatic rings. The number of rotatable bonds is 1. The van der Waals surface area contributed by atoms with Gasteiger partial charge in [0.05, 0.1) is 0 Å². The smallest absolute Gasteiger partial charge is 0.313 e. The first-order chi connectivity index (χ1) is 7.83. The summed E-state index contributed by atoms with van der Waals surface area (Å²) in [7, 11) is 0. The molecule has 3 rings (SSSR count). The van der Waals surface area contributed by atoms with E-state index in [0.29, 0.717) is 24.9 Å². The van der Waals surface area contributed by atoms with Crippen molar-refractivity contribution in [1.82, 2.24) is 10.2 Å². The second kappa shape index (κ2) is 3.68. The van der Waals surface area contributed by atoms with Gasteiger partial charge >= 0.3 is 5.35 Å². The summed E-state index contributed by atoms with van der Waals surface area (Å²) in [6, 6.07) is 5.41. The molecular formula is C10H7ClN2O3. The predicted molar refractivity (Wildman–Crippen MR) is 55.7 cm³/mol. The topological polar surface area (TPSA) is 57.4 Å². The number of benzene rings is 1. The molecule has 16 heavy (non-hydrogen) atoms. The van der Waals surface area contributed by atoms with Crippen molar-refractivity contribution < 1.29 is 13.9 Å². The van der Waals surface area contributed by atoms with Gasteiger partial charge in [0.2, 0.25) is 5.89 Å². The van der Waals surface area contributed by atoms with Gasteiger partial charge in [0.25, 0.3) is 0 Å². The van der Waals surface area contributed by atoms with Crippen LogP contribution in [0.4, 0.5) is 0 Å². The molecule has 0 saturated heterocycles. The summed E-state index contributed by atoms with van der Waals surface area (Å²) in [5, 5.41) is 7.39. The predicted octanol–water partition coefficient (Wildman–Crippen LogP) is 2.16. The fourth-order valence-electron chi connectivity index (χ4n) is 1.50. The van der Waals surface area contributed by atoms with Crippen molar-refractivity contribution in [3.63, 3.8) is 0 Å². The summed E-state index contributed by atoms with van der Waals surface area (Å²) in [5.74, 6) is 1.76. The first kappa shape index (κ1) is 9.47. The zero-order chi connectivity index (χ0) is 11.0. The zero-order valence-corrected chi connectivity index (χ0v) is 8.90. The van der Waals surface area contributed by atoms with Gasteiger partial charge in [0, 0.05) is 5.56 Å². The molecule has 6 heteroatoms. The van der Waals surface area contributed by atoms with Gasteiger partial charge in [0.1, 0.15) is 13.2 Å². The van der Waals surface area contributed by atoms with Crippen LogP contribution in [0.25, 0.3) is 11.5 Å². The van der Waals surface area contributed by atoms with E-state index < -0.39 is 0 Å². The fraction of sp³-hybridized carbons (Fsp3) is 0.200. The molecule has 0 amide bonds. The van der Waals surface area contributed by atoms with E-state index in [1.165, 1.54) is 0 Å². The van der Waals surface area contributed by atoms with E-state index in [1.807, 2.05) is 12.1 Å². The zero-order valence-electron chi connectivity index (χ0n) is 8.14. The standard InChI is InChI=1S/C10H7ClN2O3/c11-10-13-12-9(16-10)6-1-2-7-8(5-6)15-4-3-14-7/h1-2,5H,3-4H2. The van der Waals surface area contributed by atoms with Gasteiger partial charge in [-0.05, 0) is 29.8 Å². The minimum absolute atomic E-state index is 0.0184. The third-order valence-corrected chi connectivity index (χ3v) is 2.34. The molecule has 5 nitrogen and oxygen atoms in total. The second-order valence-electron chi connectivity index (χ2n) is 3.22. The highest BCUT2D eigenvalue weighted by Crippen LogP contribution is 2.34. The summed E-state index contributed by atoms with van der Waals surface area (Å²) in [4.78, 5) is 0. The fourth-order valence-corrected chi connectivity index (χ4v) is 1.61.